The van der Waals surface area contributed by atoms with Gasteiger partial charge in [0.05, 0.1) is 11.1 Å². The lowest BCUT2D eigenvalue weighted by atomic mass is 10.1. The van der Waals surface area contributed by atoms with E-state index in [4.69, 9.17) is 0 Å². The van der Waals surface area contributed by atoms with Crippen molar-refractivity contribution in [2.75, 3.05) is 0 Å². The van der Waals surface area contributed by atoms with E-state index in [-0.39, 0.29) is 5.91 Å². The number of H-pyrrole nitrogens is 1. The molecular weight excluding hydrogens is 188 g/mol. The highest BCUT2D eigenvalue weighted by Crippen LogP contribution is 2.21. The Balaban J connectivity index is 2.01. The maximum absolute atomic E-state index is 11.9. The van der Waals surface area contributed by atoms with E-state index in [1.165, 1.54) is 0 Å². The fourth-order valence-electron chi connectivity index (χ4n) is 1.76. The Morgan fingerprint density at radius 2 is 2.20 bits per heavy atom. The summed E-state index contributed by atoms with van der Waals surface area (Å²) in [5.74, 6) is 0.0329. The molecule has 1 aliphatic carbocycles. The van der Waals surface area contributed by atoms with Crippen LogP contribution >= 0.6 is 0 Å². The van der Waals surface area contributed by atoms with Crippen molar-refractivity contribution in [1.82, 2.24) is 10.3 Å². The molecule has 2 aromatic rings. The Kier molecular flexibility index (Phi) is 1.78. The SMILES string of the molecule is O=C(NC1CC1)c1cccc2cc[nH]c12. The average Bonchev–Trinajstić information content (AvgIpc) is 2.93. The summed E-state index contributed by atoms with van der Waals surface area (Å²) in [5, 5.41) is 4.08. The van der Waals surface area contributed by atoms with Gasteiger partial charge in [-0.3, -0.25) is 4.79 Å². The lowest BCUT2D eigenvalue weighted by Gasteiger charge is -2.04. The first-order chi connectivity index (χ1) is 7.34. The second-order valence-electron chi connectivity index (χ2n) is 4.00. The van der Waals surface area contributed by atoms with Gasteiger partial charge in [-0.1, -0.05) is 12.1 Å². The average molecular weight is 200 g/mol. The molecule has 0 atom stereocenters. The van der Waals surface area contributed by atoms with E-state index in [1.807, 2.05) is 30.5 Å². The molecule has 76 valence electrons. The van der Waals surface area contributed by atoms with Crippen molar-refractivity contribution in [2.24, 2.45) is 0 Å². The number of aromatic amines is 1. The predicted molar refractivity (Wildman–Crippen MR) is 58.8 cm³/mol. The second kappa shape index (κ2) is 3.12. The minimum atomic E-state index is 0.0329. The number of para-hydroxylation sites is 1. The number of hydrogen-bond donors (Lipinski definition) is 2. The van der Waals surface area contributed by atoms with Crippen LogP contribution in [0.15, 0.2) is 30.5 Å². The molecule has 0 bridgehead atoms. The van der Waals surface area contributed by atoms with Crippen molar-refractivity contribution in [3.05, 3.63) is 36.0 Å². The fraction of sp³-hybridized carbons (Fsp3) is 0.250. The molecule has 2 N–H and O–H groups in total. The molecule has 0 saturated heterocycles. The van der Waals surface area contributed by atoms with Crippen LogP contribution in [-0.2, 0) is 0 Å². The van der Waals surface area contributed by atoms with Gasteiger partial charge in [0, 0.05) is 17.6 Å². The molecule has 1 fully saturated rings. The zero-order chi connectivity index (χ0) is 10.3. The second-order valence-corrected chi connectivity index (χ2v) is 4.00. The molecule has 1 saturated carbocycles. The topological polar surface area (TPSA) is 44.9 Å². The molecule has 0 aliphatic heterocycles. The van der Waals surface area contributed by atoms with E-state index in [0.717, 1.165) is 29.3 Å². The van der Waals surface area contributed by atoms with E-state index in [2.05, 4.69) is 10.3 Å². The van der Waals surface area contributed by atoms with Crippen LogP contribution in [0.1, 0.15) is 23.2 Å². The summed E-state index contributed by atoms with van der Waals surface area (Å²) in [6, 6.07) is 8.15. The van der Waals surface area contributed by atoms with Crippen molar-refractivity contribution in [1.29, 1.82) is 0 Å². The van der Waals surface area contributed by atoms with Gasteiger partial charge in [-0.15, -0.1) is 0 Å². The molecule has 3 nitrogen and oxygen atoms in total. The van der Waals surface area contributed by atoms with Crippen molar-refractivity contribution >= 4 is 16.8 Å². The first-order valence-corrected chi connectivity index (χ1v) is 5.21. The van der Waals surface area contributed by atoms with Gasteiger partial charge in [0.1, 0.15) is 0 Å². The van der Waals surface area contributed by atoms with E-state index in [1.54, 1.807) is 0 Å². The number of fused-ring (bicyclic) bond motifs is 1. The lowest BCUT2D eigenvalue weighted by Crippen LogP contribution is -2.25. The summed E-state index contributed by atoms with van der Waals surface area (Å²) in [5.41, 5.74) is 1.67. The van der Waals surface area contributed by atoms with Crippen molar-refractivity contribution in [3.63, 3.8) is 0 Å². The highest BCUT2D eigenvalue weighted by atomic mass is 16.1. The summed E-state index contributed by atoms with van der Waals surface area (Å²) < 4.78 is 0. The van der Waals surface area contributed by atoms with Crippen LogP contribution < -0.4 is 5.32 Å². The third-order valence-electron chi connectivity index (χ3n) is 2.74. The lowest BCUT2D eigenvalue weighted by molar-refractivity contribution is 0.0952. The standard InChI is InChI=1S/C12H12N2O/c15-12(14-9-4-5-9)10-3-1-2-8-6-7-13-11(8)10/h1-3,6-7,9,13H,4-5H2,(H,14,15). The summed E-state index contributed by atoms with van der Waals surface area (Å²) in [6.07, 6.45) is 4.09. The fourth-order valence-corrected chi connectivity index (χ4v) is 1.76. The maximum Gasteiger partial charge on any atom is 0.253 e. The van der Waals surface area contributed by atoms with Gasteiger partial charge >= 0.3 is 0 Å². The number of nitrogens with one attached hydrogen (secondary N) is 2. The maximum atomic E-state index is 11.9. The number of carbonyl (C=O) groups excluding carboxylic acids is 1. The summed E-state index contributed by atoms with van der Waals surface area (Å²) in [4.78, 5) is 15.0. The van der Waals surface area contributed by atoms with Gasteiger partial charge in [0.25, 0.3) is 5.91 Å². The van der Waals surface area contributed by atoms with Crippen LogP contribution in [0.25, 0.3) is 10.9 Å². The van der Waals surface area contributed by atoms with Crippen molar-refractivity contribution in [3.8, 4) is 0 Å². The zero-order valence-corrected chi connectivity index (χ0v) is 8.29. The molecule has 1 aromatic heterocycles. The van der Waals surface area contributed by atoms with Crippen LogP contribution in [0.2, 0.25) is 0 Å². The van der Waals surface area contributed by atoms with Crippen LogP contribution in [0.5, 0.6) is 0 Å². The Hall–Kier alpha value is -1.77. The normalized spacial score (nSPS) is 15.5. The summed E-state index contributed by atoms with van der Waals surface area (Å²) in [6.45, 7) is 0. The number of benzene rings is 1. The van der Waals surface area contributed by atoms with Crippen LogP contribution in [0.4, 0.5) is 0 Å². The molecule has 1 amide bonds. The molecule has 0 unspecified atom stereocenters. The molecule has 1 heterocycles. The van der Waals surface area contributed by atoms with Gasteiger partial charge in [0.15, 0.2) is 0 Å². The molecule has 0 spiro atoms. The summed E-state index contributed by atoms with van der Waals surface area (Å²) in [7, 11) is 0. The van der Waals surface area contributed by atoms with E-state index in [9.17, 15) is 4.79 Å². The van der Waals surface area contributed by atoms with Gasteiger partial charge in [-0.25, -0.2) is 0 Å². The van der Waals surface area contributed by atoms with Gasteiger partial charge in [0.2, 0.25) is 0 Å². The van der Waals surface area contributed by atoms with Crippen LogP contribution in [0.3, 0.4) is 0 Å². The number of carbonyl (C=O) groups is 1. The quantitative estimate of drug-likeness (QED) is 0.765. The van der Waals surface area contributed by atoms with E-state index in [0.29, 0.717) is 6.04 Å². The molecule has 0 radical (unpaired) electrons. The molecule has 3 heteroatoms. The Morgan fingerprint density at radius 3 is 3.00 bits per heavy atom. The van der Waals surface area contributed by atoms with Crippen LogP contribution in [0, 0.1) is 0 Å². The van der Waals surface area contributed by atoms with Crippen molar-refractivity contribution in [2.45, 2.75) is 18.9 Å². The number of hydrogen-bond acceptors (Lipinski definition) is 1. The van der Waals surface area contributed by atoms with Gasteiger partial charge in [-0.2, -0.15) is 0 Å². The van der Waals surface area contributed by atoms with E-state index < -0.39 is 0 Å². The molecule has 15 heavy (non-hydrogen) atoms. The highest BCUT2D eigenvalue weighted by molar-refractivity contribution is 6.05. The van der Waals surface area contributed by atoms with Gasteiger partial charge < -0.3 is 10.3 Å². The Bertz CT molecular complexity index is 511. The van der Waals surface area contributed by atoms with E-state index >= 15 is 0 Å². The monoisotopic (exact) mass is 200 g/mol. The smallest absolute Gasteiger partial charge is 0.253 e. The Labute approximate surface area is 87.5 Å². The molecule has 1 aliphatic rings. The first kappa shape index (κ1) is 8.53. The minimum absolute atomic E-state index is 0.0329. The third-order valence-corrected chi connectivity index (χ3v) is 2.74. The third kappa shape index (κ3) is 1.50. The number of aromatic nitrogens is 1. The van der Waals surface area contributed by atoms with Crippen LogP contribution in [-0.4, -0.2) is 16.9 Å². The molecule has 1 aromatic carbocycles. The predicted octanol–water partition coefficient (Wildman–Crippen LogP) is 2.06. The minimum Gasteiger partial charge on any atom is -0.361 e. The Morgan fingerprint density at radius 1 is 1.33 bits per heavy atom. The zero-order valence-electron chi connectivity index (χ0n) is 8.29. The first-order valence-electron chi connectivity index (χ1n) is 5.21. The number of amides is 1. The van der Waals surface area contributed by atoms with Crippen molar-refractivity contribution < 1.29 is 4.79 Å². The summed E-state index contributed by atoms with van der Waals surface area (Å²) >= 11 is 0. The van der Waals surface area contributed by atoms with Gasteiger partial charge in [-0.05, 0) is 25.0 Å². The number of rotatable bonds is 2. The highest BCUT2D eigenvalue weighted by Gasteiger charge is 2.24. The largest absolute Gasteiger partial charge is 0.361 e. The molecule has 3 rings (SSSR count). The molecular formula is C12H12N2O.